The van der Waals surface area contributed by atoms with E-state index in [9.17, 15) is 4.57 Å². The maximum absolute atomic E-state index is 10.4. The SMILES string of the molecule is CCCCCCCOC(C)OP(=O)(O)O. The minimum Gasteiger partial charge on any atom is -0.352 e. The van der Waals surface area contributed by atoms with Crippen LogP contribution in [0, 0.1) is 0 Å². The van der Waals surface area contributed by atoms with Gasteiger partial charge >= 0.3 is 7.82 Å². The van der Waals surface area contributed by atoms with Gasteiger partial charge < -0.3 is 14.5 Å². The number of phosphoric ester groups is 1. The summed E-state index contributed by atoms with van der Waals surface area (Å²) in [5.41, 5.74) is 0. The molecule has 6 heteroatoms. The minimum absolute atomic E-state index is 0.477. The first-order valence-electron chi connectivity index (χ1n) is 5.31. The smallest absolute Gasteiger partial charge is 0.352 e. The average molecular weight is 240 g/mol. The molecule has 0 amide bonds. The largest absolute Gasteiger partial charge is 0.471 e. The third-order valence-corrected chi connectivity index (χ3v) is 2.46. The first-order chi connectivity index (χ1) is 6.95. The van der Waals surface area contributed by atoms with Crippen molar-refractivity contribution < 1.29 is 23.6 Å². The zero-order chi connectivity index (χ0) is 11.7. The lowest BCUT2D eigenvalue weighted by Gasteiger charge is -2.14. The summed E-state index contributed by atoms with van der Waals surface area (Å²) in [6, 6.07) is 0. The quantitative estimate of drug-likeness (QED) is 0.367. The van der Waals surface area contributed by atoms with E-state index >= 15 is 0 Å². The van der Waals surface area contributed by atoms with Gasteiger partial charge in [-0.3, -0.25) is 4.52 Å². The molecule has 1 atom stereocenters. The van der Waals surface area contributed by atoms with Gasteiger partial charge in [-0.25, -0.2) is 4.57 Å². The molecule has 0 aromatic carbocycles. The van der Waals surface area contributed by atoms with Crippen LogP contribution in [0.2, 0.25) is 0 Å². The molecule has 0 aromatic rings. The number of unbranched alkanes of at least 4 members (excludes halogenated alkanes) is 4. The molecule has 92 valence electrons. The fourth-order valence-electron chi connectivity index (χ4n) is 1.18. The maximum atomic E-state index is 10.4. The Morgan fingerprint density at radius 3 is 2.33 bits per heavy atom. The predicted octanol–water partition coefficient (Wildman–Crippen LogP) is 2.43. The Bertz CT molecular complexity index is 191. The molecule has 0 fully saturated rings. The van der Waals surface area contributed by atoms with E-state index in [-0.39, 0.29) is 0 Å². The summed E-state index contributed by atoms with van der Waals surface area (Å²) in [7, 11) is -4.41. The van der Waals surface area contributed by atoms with E-state index < -0.39 is 14.1 Å². The lowest BCUT2D eigenvalue weighted by atomic mass is 10.2. The third kappa shape index (κ3) is 12.0. The monoisotopic (exact) mass is 240 g/mol. The van der Waals surface area contributed by atoms with Gasteiger partial charge in [0, 0.05) is 6.61 Å². The highest BCUT2D eigenvalue weighted by atomic mass is 31.2. The molecule has 0 heterocycles. The Labute approximate surface area is 91.0 Å². The van der Waals surface area contributed by atoms with Crippen molar-refractivity contribution in [2.75, 3.05) is 6.61 Å². The minimum atomic E-state index is -4.41. The highest BCUT2D eigenvalue weighted by Crippen LogP contribution is 2.37. The normalized spacial score (nSPS) is 14.1. The van der Waals surface area contributed by atoms with Crippen LogP contribution >= 0.6 is 7.82 Å². The second-order valence-corrected chi connectivity index (χ2v) is 4.64. The molecular formula is C9H21O5P. The first kappa shape index (κ1) is 15.1. The van der Waals surface area contributed by atoms with Crippen LogP contribution in [-0.2, 0) is 13.8 Å². The van der Waals surface area contributed by atoms with Crippen LogP contribution in [0.4, 0.5) is 0 Å². The van der Waals surface area contributed by atoms with E-state index in [1.54, 1.807) is 0 Å². The molecule has 0 spiro atoms. The van der Waals surface area contributed by atoms with Gasteiger partial charge in [-0.15, -0.1) is 0 Å². The van der Waals surface area contributed by atoms with Gasteiger partial charge in [0.25, 0.3) is 0 Å². The Hall–Kier alpha value is 0.0700. The zero-order valence-corrected chi connectivity index (χ0v) is 10.3. The van der Waals surface area contributed by atoms with Crippen LogP contribution in [0.1, 0.15) is 46.0 Å². The standard InChI is InChI=1S/C9H21O5P/c1-3-4-5-6-7-8-13-9(2)14-15(10,11)12/h9H,3-8H2,1-2H3,(H2,10,11,12). The van der Waals surface area contributed by atoms with Crippen LogP contribution in [0.3, 0.4) is 0 Å². The predicted molar refractivity (Wildman–Crippen MR) is 57.3 cm³/mol. The molecule has 0 aliphatic carbocycles. The van der Waals surface area contributed by atoms with Crippen molar-refractivity contribution in [3.63, 3.8) is 0 Å². The number of phosphoric acid groups is 1. The molecule has 1 unspecified atom stereocenters. The Morgan fingerprint density at radius 2 is 1.80 bits per heavy atom. The van der Waals surface area contributed by atoms with Crippen molar-refractivity contribution in [3.8, 4) is 0 Å². The molecule has 0 bridgehead atoms. The fraction of sp³-hybridized carbons (Fsp3) is 1.00. The number of hydrogen-bond acceptors (Lipinski definition) is 3. The molecule has 15 heavy (non-hydrogen) atoms. The van der Waals surface area contributed by atoms with Crippen molar-refractivity contribution in [1.82, 2.24) is 0 Å². The van der Waals surface area contributed by atoms with Crippen molar-refractivity contribution in [2.45, 2.75) is 52.2 Å². The van der Waals surface area contributed by atoms with Crippen molar-refractivity contribution in [3.05, 3.63) is 0 Å². The summed E-state index contributed by atoms with van der Waals surface area (Å²) in [5, 5.41) is 0. The second-order valence-electron chi connectivity index (χ2n) is 3.45. The molecule has 5 nitrogen and oxygen atoms in total. The summed E-state index contributed by atoms with van der Waals surface area (Å²) in [4.78, 5) is 16.9. The van der Waals surface area contributed by atoms with E-state index in [2.05, 4.69) is 11.4 Å². The van der Waals surface area contributed by atoms with E-state index in [1.807, 2.05) is 0 Å². The number of rotatable bonds is 9. The van der Waals surface area contributed by atoms with Gasteiger partial charge in [0.15, 0.2) is 6.29 Å². The van der Waals surface area contributed by atoms with Crippen LogP contribution in [0.5, 0.6) is 0 Å². The molecule has 0 radical (unpaired) electrons. The molecule has 0 aliphatic rings. The molecule has 0 rings (SSSR count). The van der Waals surface area contributed by atoms with Crippen LogP contribution in [0.15, 0.2) is 0 Å². The van der Waals surface area contributed by atoms with Crippen molar-refractivity contribution in [1.29, 1.82) is 0 Å². The fourth-order valence-corrected chi connectivity index (χ4v) is 1.63. The highest BCUT2D eigenvalue weighted by molar-refractivity contribution is 7.46. The lowest BCUT2D eigenvalue weighted by Crippen LogP contribution is -2.12. The van der Waals surface area contributed by atoms with Gasteiger partial charge in [0.05, 0.1) is 0 Å². The topological polar surface area (TPSA) is 76.0 Å². The van der Waals surface area contributed by atoms with Gasteiger partial charge in [0.2, 0.25) is 0 Å². The van der Waals surface area contributed by atoms with Crippen LogP contribution in [-0.4, -0.2) is 22.7 Å². The average Bonchev–Trinajstić information content (AvgIpc) is 2.08. The van der Waals surface area contributed by atoms with E-state index in [0.717, 1.165) is 12.8 Å². The second kappa shape index (κ2) is 8.25. The van der Waals surface area contributed by atoms with Gasteiger partial charge in [-0.05, 0) is 13.3 Å². The molecule has 0 saturated heterocycles. The summed E-state index contributed by atoms with van der Waals surface area (Å²) < 4.78 is 19.8. The number of ether oxygens (including phenoxy) is 1. The zero-order valence-electron chi connectivity index (χ0n) is 9.39. The van der Waals surface area contributed by atoms with Crippen LogP contribution in [0.25, 0.3) is 0 Å². The summed E-state index contributed by atoms with van der Waals surface area (Å²) in [5.74, 6) is 0. The Morgan fingerprint density at radius 1 is 1.20 bits per heavy atom. The summed E-state index contributed by atoms with van der Waals surface area (Å²) >= 11 is 0. The van der Waals surface area contributed by atoms with Crippen molar-refractivity contribution >= 4 is 7.82 Å². The van der Waals surface area contributed by atoms with Gasteiger partial charge in [-0.1, -0.05) is 32.6 Å². The maximum Gasteiger partial charge on any atom is 0.471 e. The van der Waals surface area contributed by atoms with Crippen molar-refractivity contribution in [2.24, 2.45) is 0 Å². The molecule has 0 aromatic heterocycles. The molecule has 0 saturated carbocycles. The van der Waals surface area contributed by atoms with E-state index in [1.165, 1.54) is 26.2 Å². The summed E-state index contributed by atoms with van der Waals surface area (Å²) in [6.45, 7) is 4.10. The molecule has 0 aliphatic heterocycles. The third-order valence-electron chi connectivity index (χ3n) is 1.89. The lowest BCUT2D eigenvalue weighted by molar-refractivity contribution is -0.0802. The van der Waals surface area contributed by atoms with Gasteiger partial charge in [-0.2, -0.15) is 0 Å². The highest BCUT2D eigenvalue weighted by Gasteiger charge is 2.18. The Balaban J connectivity index is 3.32. The molecular weight excluding hydrogens is 219 g/mol. The van der Waals surface area contributed by atoms with Crippen LogP contribution < -0.4 is 0 Å². The van der Waals surface area contributed by atoms with E-state index in [0.29, 0.717) is 6.61 Å². The molecule has 2 N–H and O–H groups in total. The summed E-state index contributed by atoms with van der Waals surface area (Å²) in [6.07, 6.45) is 4.71. The number of hydrogen-bond donors (Lipinski definition) is 2. The van der Waals surface area contributed by atoms with E-state index in [4.69, 9.17) is 14.5 Å². The Kier molecular flexibility index (Phi) is 8.29. The first-order valence-corrected chi connectivity index (χ1v) is 6.84. The van der Waals surface area contributed by atoms with Gasteiger partial charge in [0.1, 0.15) is 0 Å².